The molecule has 108 valence electrons. The van der Waals surface area contributed by atoms with Gasteiger partial charge in [0.1, 0.15) is 0 Å². The number of thiazole rings is 1. The van der Waals surface area contributed by atoms with Gasteiger partial charge in [-0.2, -0.15) is 0 Å². The highest BCUT2D eigenvalue weighted by atomic mass is 79.9. The summed E-state index contributed by atoms with van der Waals surface area (Å²) in [6.07, 6.45) is 1.38. The van der Waals surface area contributed by atoms with Crippen molar-refractivity contribution < 1.29 is 13.5 Å². The summed E-state index contributed by atoms with van der Waals surface area (Å²) < 4.78 is 27.6. The van der Waals surface area contributed by atoms with Crippen LogP contribution < -0.4 is 4.72 Å². The molecule has 2 aromatic rings. The average molecular weight is 377 g/mol. The molecule has 1 aromatic heterocycles. The fourth-order valence-electron chi connectivity index (χ4n) is 1.60. The minimum Gasteiger partial charge on any atom is -0.388 e. The van der Waals surface area contributed by atoms with Crippen LogP contribution in [-0.2, 0) is 10.0 Å². The molecule has 0 amide bonds. The zero-order valence-corrected chi connectivity index (χ0v) is 13.8. The van der Waals surface area contributed by atoms with E-state index in [9.17, 15) is 13.5 Å². The van der Waals surface area contributed by atoms with E-state index in [4.69, 9.17) is 0 Å². The highest BCUT2D eigenvalue weighted by Crippen LogP contribution is 2.26. The van der Waals surface area contributed by atoms with E-state index in [1.807, 2.05) is 6.92 Å². The number of nitrogens with zero attached hydrogens (tertiary/aromatic N) is 1. The summed E-state index contributed by atoms with van der Waals surface area (Å²) >= 11 is 4.41. The molecule has 20 heavy (non-hydrogen) atoms. The number of hydrogen-bond acceptors (Lipinski definition) is 5. The number of aromatic nitrogens is 1. The van der Waals surface area contributed by atoms with E-state index in [0.29, 0.717) is 17.1 Å². The fourth-order valence-corrected chi connectivity index (χ4v) is 4.00. The van der Waals surface area contributed by atoms with Crippen LogP contribution in [0.25, 0.3) is 0 Å². The molecule has 8 heteroatoms. The Bertz CT molecular complexity index is 700. The summed E-state index contributed by atoms with van der Waals surface area (Å²) in [5.74, 6) is 0. The van der Waals surface area contributed by atoms with E-state index in [0.717, 1.165) is 3.79 Å². The van der Waals surface area contributed by atoms with Crippen LogP contribution in [0.3, 0.4) is 0 Å². The summed E-state index contributed by atoms with van der Waals surface area (Å²) in [5.41, 5.74) is 0.579. The van der Waals surface area contributed by atoms with Crippen LogP contribution in [0.5, 0.6) is 0 Å². The number of rotatable bonds is 5. The largest absolute Gasteiger partial charge is 0.388 e. The fraction of sp³-hybridized carbons (Fsp3) is 0.250. The van der Waals surface area contributed by atoms with Crippen molar-refractivity contribution in [2.24, 2.45) is 0 Å². The zero-order chi connectivity index (χ0) is 14.8. The van der Waals surface area contributed by atoms with Crippen molar-refractivity contribution in [3.63, 3.8) is 0 Å². The zero-order valence-electron chi connectivity index (χ0n) is 10.6. The van der Waals surface area contributed by atoms with Gasteiger partial charge < -0.3 is 5.11 Å². The number of anilines is 1. The first-order chi connectivity index (χ1) is 9.42. The lowest BCUT2D eigenvalue weighted by Crippen LogP contribution is -2.13. The van der Waals surface area contributed by atoms with E-state index in [1.54, 1.807) is 12.1 Å². The summed E-state index contributed by atoms with van der Waals surface area (Å²) in [7, 11) is -3.70. The minimum atomic E-state index is -3.70. The molecule has 0 bridgehead atoms. The average Bonchev–Trinajstić information content (AvgIpc) is 2.82. The lowest BCUT2D eigenvalue weighted by molar-refractivity contribution is 0.173. The number of hydrogen-bond donors (Lipinski definition) is 2. The van der Waals surface area contributed by atoms with Gasteiger partial charge >= 0.3 is 0 Å². The molecule has 1 atom stereocenters. The molecule has 0 fully saturated rings. The van der Waals surface area contributed by atoms with Gasteiger partial charge in [0.15, 0.2) is 5.13 Å². The van der Waals surface area contributed by atoms with E-state index in [2.05, 4.69) is 25.6 Å². The smallest absolute Gasteiger partial charge is 0.263 e. The molecule has 1 heterocycles. The lowest BCUT2D eigenvalue weighted by atomic mass is 10.1. The highest BCUT2D eigenvalue weighted by molar-refractivity contribution is 9.11. The third-order valence-corrected chi connectivity index (χ3v) is 5.50. The topological polar surface area (TPSA) is 79.3 Å². The van der Waals surface area contributed by atoms with Gasteiger partial charge in [-0.3, -0.25) is 4.72 Å². The Labute approximate surface area is 129 Å². The van der Waals surface area contributed by atoms with Crippen LogP contribution in [0.2, 0.25) is 0 Å². The van der Waals surface area contributed by atoms with Crippen LogP contribution in [0.1, 0.15) is 25.0 Å². The van der Waals surface area contributed by atoms with Gasteiger partial charge in [-0.05, 0) is 40.0 Å². The normalized spacial score (nSPS) is 13.2. The third-order valence-electron chi connectivity index (χ3n) is 2.64. The number of sulfonamides is 1. The lowest BCUT2D eigenvalue weighted by Gasteiger charge is -2.10. The standard InChI is InChI=1S/C12H13BrN2O3S2/c1-2-10(16)8-4-3-5-9(6-8)20(17,18)15-12-14-7-11(13)19-12/h3-7,10,16H,2H2,1H3,(H,14,15). The molecule has 0 aliphatic heterocycles. The summed E-state index contributed by atoms with van der Waals surface area (Å²) in [6, 6.07) is 6.27. The van der Waals surface area contributed by atoms with Crippen LogP contribution in [0.15, 0.2) is 39.1 Å². The molecule has 5 nitrogen and oxygen atoms in total. The molecular weight excluding hydrogens is 364 g/mol. The molecule has 1 aromatic carbocycles. The Hall–Kier alpha value is -0.960. The molecule has 0 aliphatic rings. The second-order valence-electron chi connectivity index (χ2n) is 4.07. The molecule has 0 spiro atoms. The predicted molar refractivity (Wildman–Crippen MR) is 82.3 cm³/mol. The monoisotopic (exact) mass is 376 g/mol. The maximum absolute atomic E-state index is 12.2. The SMILES string of the molecule is CCC(O)c1cccc(S(=O)(=O)Nc2ncc(Br)s2)c1. The van der Waals surface area contributed by atoms with Gasteiger partial charge in [-0.1, -0.05) is 30.4 Å². The molecule has 2 rings (SSSR count). The first-order valence-corrected chi connectivity index (χ1v) is 8.94. The number of aliphatic hydroxyl groups excluding tert-OH is 1. The van der Waals surface area contributed by atoms with Crippen LogP contribution in [0.4, 0.5) is 5.13 Å². The highest BCUT2D eigenvalue weighted by Gasteiger charge is 2.17. The number of halogens is 1. The number of nitrogens with one attached hydrogen (secondary N) is 1. The maximum atomic E-state index is 12.2. The first-order valence-electron chi connectivity index (χ1n) is 5.84. The minimum absolute atomic E-state index is 0.105. The van der Waals surface area contributed by atoms with E-state index >= 15 is 0 Å². The van der Waals surface area contributed by atoms with Crippen molar-refractivity contribution in [2.45, 2.75) is 24.3 Å². The van der Waals surface area contributed by atoms with Crippen LogP contribution in [-0.4, -0.2) is 18.5 Å². The molecule has 1 unspecified atom stereocenters. The Morgan fingerprint density at radius 3 is 2.85 bits per heavy atom. The van der Waals surface area contributed by atoms with Crippen molar-refractivity contribution >= 4 is 42.4 Å². The predicted octanol–water partition coefficient (Wildman–Crippen LogP) is 3.15. The molecule has 0 saturated carbocycles. The molecule has 0 radical (unpaired) electrons. The van der Waals surface area contributed by atoms with E-state index in [1.165, 1.54) is 29.7 Å². The Balaban J connectivity index is 2.29. The van der Waals surface area contributed by atoms with Crippen LogP contribution in [0, 0.1) is 0 Å². The van der Waals surface area contributed by atoms with Gasteiger partial charge in [-0.15, -0.1) is 0 Å². The van der Waals surface area contributed by atoms with Gasteiger partial charge in [0.2, 0.25) is 0 Å². The quantitative estimate of drug-likeness (QED) is 0.839. The summed E-state index contributed by atoms with van der Waals surface area (Å²) in [4.78, 5) is 4.04. The molecule has 2 N–H and O–H groups in total. The maximum Gasteiger partial charge on any atom is 0.263 e. The first kappa shape index (κ1) is 15.4. The second-order valence-corrected chi connectivity index (χ2v) is 8.16. The summed E-state index contributed by atoms with van der Waals surface area (Å²) in [6.45, 7) is 1.83. The molecular formula is C12H13BrN2O3S2. The van der Waals surface area contributed by atoms with Gasteiger partial charge in [-0.25, -0.2) is 13.4 Å². The van der Waals surface area contributed by atoms with Gasteiger partial charge in [0.05, 0.1) is 21.0 Å². The van der Waals surface area contributed by atoms with Crippen molar-refractivity contribution in [2.75, 3.05) is 4.72 Å². The van der Waals surface area contributed by atoms with Gasteiger partial charge in [0.25, 0.3) is 10.0 Å². The van der Waals surface area contributed by atoms with Crippen molar-refractivity contribution in [1.82, 2.24) is 4.98 Å². The second kappa shape index (κ2) is 6.21. The van der Waals surface area contributed by atoms with Crippen molar-refractivity contribution in [3.8, 4) is 0 Å². The third kappa shape index (κ3) is 3.57. The number of benzene rings is 1. The Morgan fingerprint density at radius 1 is 1.50 bits per heavy atom. The van der Waals surface area contributed by atoms with Crippen molar-refractivity contribution in [3.05, 3.63) is 39.8 Å². The molecule has 0 saturated heterocycles. The van der Waals surface area contributed by atoms with Crippen molar-refractivity contribution in [1.29, 1.82) is 0 Å². The van der Waals surface area contributed by atoms with E-state index in [-0.39, 0.29) is 4.90 Å². The van der Waals surface area contributed by atoms with E-state index < -0.39 is 16.1 Å². The van der Waals surface area contributed by atoms with Gasteiger partial charge in [0, 0.05) is 0 Å². The van der Waals surface area contributed by atoms with Crippen LogP contribution >= 0.6 is 27.3 Å². The summed E-state index contributed by atoms with van der Waals surface area (Å²) in [5, 5.41) is 10.1. The Kier molecular flexibility index (Phi) is 4.79. The Morgan fingerprint density at radius 2 is 2.25 bits per heavy atom. The molecule has 0 aliphatic carbocycles. The number of aliphatic hydroxyl groups is 1.